The molecular weight excluding hydrogens is 300 g/mol. The molecule has 124 valence electrons. The number of methoxy groups -OCH3 is 3. The van der Waals surface area contributed by atoms with Crippen molar-refractivity contribution in [1.82, 2.24) is 0 Å². The van der Waals surface area contributed by atoms with Crippen molar-refractivity contribution in [2.75, 3.05) is 21.3 Å². The molecule has 2 heterocycles. The number of hydrogen-bond donors (Lipinski definition) is 1. The average molecular weight is 318 g/mol. The molecule has 0 aromatic rings. The summed E-state index contributed by atoms with van der Waals surface area (Å²) in [5, 5.41) is 10.9. The average Bonchev–Trinajstić information content (AvgIpc) is 2.84. The van der Waals surface area contributed by atoms with Crippen LogP contribution in [0.2, 0.25) is 0 Å². The number of aliphatic hydroxyl groups is 1. The second kappa shape index (κ2) is 5.18. The van der Waals surface area contributed by atoms with Crippen LogP contribution >= 0.6 is 0 Å². The van der Waals surface area contributed by atoms with Gasteiger partial charge in [-0.3, -0.25) is 0 Å². The second-order valence-electron chi connectivity index (χ2n) is 5.33. The molecule has 1 N–H and O–H groups in total. The molecule has 0 aromatic heterocycles. The number of ether oxygens (including phenoxy) is 5. The van der Waals surface area contributed by atoms with Crippen molar-refractivity contribution in [3.63, 3.8) is 0 Å². The highest BCUT2D eigenvalue weighted by Crippen LogP contribution is 2.53. The zero-order chi connectivity index (χ0) is 16.8. The Hall–Kier alpha value is -1.71. The van der Waals surface area contributed by atoms with Crippen LogP contribution in [0, 0.1) is 0 Å². The van der Waals surface area contributed by atoms with E-state index in [0.29, 0.717) is 0 Å². The molecule has 0 radical (unpaired) electrons. The molecule has 2 aliphatic heterocycles. The zero-order valence-electron chi connectivity index (χ0n) is 12.7. The molecule has 0 amide bonds. The maximum Gasteiger partial charge on any atom is 0.345 e. The molecule has 4 atom stereocenters. The van der Waals surface area contributed by atoms with E-state index in [4.69, 9.17) is 9.47 Å². The van der Waals surface area contributed by atoms with Gasteiger partial charge in [0.1, 0.15) is 0 Å². The third-order valence-electron chi connectivity index (χ3n) is 4.11. The molecule has 2 rings (SSSR count). The number of rotatable bonds is 3. The van der Waals surface area contributed by atoms with Gasteiger partial charge in [0.05, 0.1) is 21.3 Å². The van der Waals surface area contributed by atoms with Gasteiger partial charge in [0.2, 0.25) is 17.3 Å². The lowest BCUT2D eigenvalue weighted by molar-refractivity contribution is -0.355. The molecule has 9 heteroatoms. The molecule has 0 aliphatic carbocycles. The minimum Gasteiger partial charge on any atom is -0.467 e. The van der Waals surface area contributed by atoms with Crippen molar-refractivity contribution >= 4 is 17.9 Å². The largest absolute Gasteiger partial charge is 0.467 e. The van der Waals surface area contributed by atoms with Crippen LogP contribution in [-0.4, -0.2) is 67.4 Å². The summed E-state index contributed by atoms with van der Waals surface area (Å²) in [6.07, 6.45) is -1.71. The van der Waals surface area contributed by atoms with Crippen LogP contribution in [0.4, 0.5) is 0 Å². The summed E-state index contributed by atoms with van der Waals surface area (Å²) in [6.45, 7) is 1.49. The van der Waals surface area contributed by atoms with Crippen molar-refractivity contribution < 1.29 is 43.2 Å². The van der Waals surface area contributed by atoms with E-state index in [-0.39, 0.29) is 12.8 Å². The first-order valence-corrected chi connectivity index (χ1v) is 6.56. The van der Waals surface area contributed by atoms with Gasteiger partial charge in [-0.2, -0.15) is 0 Å². The Bertz CT molecular complexity index is 518. The van der Waals surface area contributed by atoms with Gasteiger partial charge in [0, 0.05) is 6.42 Å². The molecule has 2 bridgehead atoms. The van der Waals surface area contributed by atoms with E-state index in [1.165, 1.54) is 6.92 Å². The highest BCUT2D eigenvalue weighted by atomic mass is 16.8. The summed E-state index contributed by atoms with van der Waals surface area (Å²) in [4.78, 5) is 36.4. The summed E-state index contributed by atoms with van der Waals surface area (Å²) in [5.74, 6) is -4.62. The first kappa shape index (κ1) is 16.7. The second-order valence-corrected chi connectivity index (χ2v) is 5.33. The van der Waals surface area contributed by atoms with Crippen LogP contribution in [0.5, 0.6) is 0 Å². The van der Waals surface area contributed by atoms with E-state index < -0.39 is 41.0 Å². The molecule has 4 unspecified atom stereocenters. The highest BCUT2D eigenvalue weighted by molar-refractivity contribution is 5.98. The number of carbonyl (C=O) groups is 3. The minimum atomic E-state index is -2.72. The molecule has 0 spiro atoms. The predicted molar refractivity (Wildman–Crippen MR) is 67.3 cm³/mol. The van der Waals surface area contributed by atoms with Crippen molar-refractivity contribution in [3.8, 4) is 0 Å². The SMILES string of the molecule is COC(=O)C1OC2(C)CCC(C(=O)OC)(O2)C1(O)C(=O)OC. The Balaban J connectivity index is 2.65. The molecular formula is C13H18O9. The molecule has 0 aromatic carbocycles. The lowest BCUT2D eigenvalue weighted by Crippen LogP contribution is -2.75. The molecule has 2 fully saturated rings. The third kappa shape index (κ3) is 1.93. The Labute approximate surface area is 126 Å². The van der Waals surface area contributed by atoms with Gasteiger partial charge < -0.3 is 28.8 Å². The normalized spacial score (nSPS) is 40.0. The number of hydrogen-bond acceptors (Lipinski definition) is 9. The maximum absolute atomic E-state index is 12.3. The molecule has 22 heavy (non-hydrogen) atoms. The Morgan fingerprint density at radius 3 is 2.14 bits per heavy atom. The summed E-state index contributed by atoms with van der Waals surface area (Å²) in [7, 11) is 3.15. The zero-order valence-corrected chi connectivity index (χ0v) is 12.7. The quantitative estimate of drug-likeness (QED) is 0.511. The van der Waals surface area contributed by atoms with Crippen LogP contribution < -0.4 is 0 Å². The van der Waals surface area contributed by atoms with Gasteiger partial charge in [-0.05, 0) is 13.3 Å². The number of esters is 3. The molecule has 0 saturated carbocycles. The van der Waals surface area contributed by atoms with Crippen molar-refractivity contribution in [3.05, 3.63) is 0 Å². The van der Waals surface area contributed by atoms with E-state index in [1.54, 1.807) is 0 Å². The fraction of sp³-hybridized carbons (Fsp3) is 0.769. The van der Waals surface area contributed by atoms with Gasteiger partial charge in [0.15, 0.2) is 5.79 Å². The van der Waals surface area contributed by atoms with Crippen molar-refractivity contribution in [2.45, 2.75) is 42.9 Å². The van der Waals surface area contributed by atoms with Crippen LogP contribution in [0.25, 0.3) is 0 Å². The molecule has 9 nitrogen and oxygen atoms in total. The van der Waals surface area contributed by atoms with Crippen LogP contribution in [-0.2, 0) is 38.1 Å². The molecule has 2 aliphatic rings. The topological polar surface area (TPSA) is 118 Å². The van der Waals surface area contributed by atoms with E-state index in [0.717, 1.165) is 21.3 Å². The Kier molecular flexibility index (Phi) is 3.92. The summed E-state index contributed by atoms with van der Waals surface area (Å²) < 4.78 is 24.7. The number of carbonyl (C=O) groups excluding carboxylic acids is 3. The van der Waals surface area contributed by atoms with Crippen molar-refractivity contribution in [2.24, 2.45) is 0 Å². The van der Waals surface area contributed by atoms with Crippen LogP contribution in [0.3, 0.4) is 0 Å². The smallest absolute Gasteiger partial charge is 0.345 e. The third-order valence-corrected chi connectivity index (χ3v) is 4.11. The Morgan fingerprint density at radius 1 is 1.05 bits per heavy atom. The van der Waals surface area contributed by atoms with Gasteiger partial charge >= 0.3 is 17.9 Å². The number of fused-ring (bicyclic) bond motifs is 2. The maximum atomic E-state index is 12.3. The first-order valence-electron chi connectivity index (χ1n) is 6.56. The summed E-state index contributed by atoms with van der Waals surface area (Å²) in [6, 6.07) is 0. The van der Waals surface area contributed by atoms with Gasteiger partial charge in [-0.15, -0.1) is 0 Å². The van der Waals surface area contributed by atoms with E-state index in [2.05, 4.69) is 14.2 Å². The van der Waals surface area contributed by atoms with Gasteiger partial charge in [-0.25, -0.2) is 14.4 Å². The van der Waals surface area contributed by atoms with Crippen LogP contribution in [0.1, 0.15) is 19.8 Å². The fourth-order valence-electron chi connectivity index (χ4n) is 2.99. The minimum absolute atomic E-state index is 0.0880. The van der Waals surface area contributed by atoms with Gasteiger partial charge in [-0.1, -0.05) is 0 Å². The lowest BCUT2D eigenvalue weighted by Gasteiger charge is -2.48. The van der Waals surface area contributed by atoms with Crippen molar-refractivity contribution in [1.29, 1.82) is 0 Å². The van der Waals surface area contributed by atoms with E-state index in [1.807, 2.05) is 0 Å². The predicted octanol–water partition coefficient (Wildman–Crippen LogP) is -1.10. The fourth-order valence-corrected chi connectivity index (χ4v) is 2.99. The Morgan fingerprint density at radius 2 is 1.64 bits per heavy atom. The molecule has 2 saturated heterocycles. The monoisotopic (exact) mass is 318 g/mol. The standard InChI is InChI=1S/C13H18O9/c1-11-5-6-12(22-11,9(15)19-3)13(17,10(16)20-4)7(21-11)8(14)18-2/h7,17H,5-6H2,1-4H3. The summed E-state index contributed by atoms with van der Waals surface area (Å²) >= 11 is 0. The van der Waals surface area contributed by atoms with E-state index >= 15 is 0 Å². The van der Waals surface area contributed by atoms with Gasteiger partial charge in [0.25, 0.3) is 0 Å². The van der Waals surface area contributed by atoms with Crippen LogP contribution in [0.15, 0.2) is 0 Å². The first-order chi connectivity index (χ1) is 10.2. The lowest BCUT2D eigenvalue weighted by atomic mass is 9.76. The van der Waals surface area contributed by atoms with E-state index in [9.17, 15) is 19.5 Å². The summed E-state index contributed by atoms with van der Waals surface area (Å²) in [5.41, 5.74) is -4.83. The highest BCUT2D eigenvalue weighted by Gasteiger charge is 2.78.